The van der Waals surface area contributed by atoms with E-state index in [9.17, 15) is 15.0 Å². The third-order valence-corrected chi connectivity index (χ3v) is 3.32. The molecule has 19 heavy (non-hydrogen) atoms. The lowest BCUT2D eigenvalue weighted by molar-refractivity contribution is -0.138. The minimum Gasteiger partial charge on any atom is -0.508 e. The number of aliphatic carboxylic acids is 1. The van der Waals surface area contributed by atoms with Crippen molar-refractivity contribution in [3.05, 3.63) is 64.7 Å². The van der Waals surface area contributed by atoms with Crippen LogP contribution in [0, 0.1) is 0 Å². The summed E-state index contributed by atoms with van der Waals surface area (Å²) in [4.78, 5) is 11.4. The fourth-order valence-electron chi connectivity index (χ4n) is 1.97. The maximum Gasteiger partial charge on any atom is 0.311 e. The number of hydrogen-bond donors (Lipinski definition) is 2. The van der Waals surface area contributed by atoms with Gasteiger partial charge < -0.3 is 10.2 Å². The zero-order valence-electron chi connectivity index (χ0n) is 10.1. The maximum absolute atomic E-state index is 11.4. The number of phenols is 1. The van der Waals surface area contributed by atoms with E-state index < -0.39 is 11.9 Å². The molecule has 1 unspecified atom stereocenters. The number of carbonyl (C=O) groups is 1. The molecule has 0 heterocycles. The Morgan fingerprint density at radius 3 is 2.53 bits per heavy atom. The predicted molar refractivity (Wildman–Crippen MR) is 73.6 cm³/mol. The van der Waals surface area contributed by atoms with E-state index in [4.69, 9.17) is 11.6 Å². The standard InChI is InChI=1S/C15H13ClO3/c16-14-7-2-1-4-11(14)9-13(15(18)19)10-5-3-6-12(17)8-10/h1-8,13,17H,9H2,(H,18,19). The largest absolute Gasteiger partial charge is 0.508 e. The third-order valence-electron chi connectivity index (χ3n) is 2.95. The van der Waals surface area contributed by atoms with E-state index >= 15 is 0 Å². The summed E-state index contributed by atoms with van der Waals surface area (Å²) in [5.74, 6) is -1.61. The molecule has 0 aliphatic carbocycles. The normalized spacial score (nSPS) is 12.1. The highest BCUT2D eigenvalue weighted by Gasteiger charge is 2.21. The van der Waals surface area contributed by atoms with Gasteiger partial charge in [-0.25, -0.2) is 0 Å². The molecule has 2 aromatic carbocycles. The Bertz CT molecular complexity index is 595. The number of aromatic hydroxyl groups is 1. The molecule has 0 aliphatic rings. The van der Waals surface area contributed by atoms with Gasteiger partial charge in [0.25, 0.3) is 0 Å². The molecule has 0 aliphatic heterocycles. The molecular formula is C15H13ClO3. The average Bonchev–Trinajstić information content (AvgIpc) is 2.37. The van der Waals surface area contributed by atoms with Crippen LogP contribution in [0.5, 0.6) is 5.75 Å². The molecule has 0 spiro atoms. The molecular weight excluding hydrogens is 264 g/mol. The summed E-state index contributed by atoms with van der Waals surface area (Å²) in [6.45, 7) is 0. The Morgan fingerprint density at radius 1 is 1.16 bits per heavy atom. The first-order valence-corrected chi connectivity index (χ1v) is 6.21. The lowest BCUT2D eigenvalue weighted by atomic mass is 9.92. The summed E-state index contributed by atoms with van der Waals surface area (Å²) in [5, 5.41) is 19.3. The van der Waals surface area contributed by atoms with Crippen molar-refractivity contribution in [3.63, 3.8) is 0 Å². The van der Waals surface area contributed by atoms with Crippen LogP contribution in [0.4, 0.5) is 0 Å². The highest BCUT2D eigenvalue weighted by atomic mass is 35.5. The molecule has 0 saturated heterocycles. The average molecular weight is 277 g/mol. The molecule has 0 fully saturated rings. The molecule has 0 radical (unpaired) electrons. The summed E-state index contributed by atoms with van der Waals surface area (Å²) < 4.78 is 0. The van der Waals surface area contributed by atoms with E-state index in [1.807, 2.05) is 6.07 Å². The maximum atomic E-state index is 11.4. The Kier molecular flexibility index (Phi) is 4.07. The SMILES string of the molecule is O=C(O)C(Cc1ccccc1Cl)c1cccc(O)c1. The number of rotatable bonds is 4. The summed E-state index contributed by atoms with van der Waals surface area (Å²) >= 11 is 6.05. The minimum atomic E-state index is -0.939. The lowest BCUT2D eigenvalue weighted by Gasteiger charge is -2.14. The molecule has 0 aromatic heterocycles. The first kappa shape index (κ1) is 13.4. The molecule has 2 N–H and O–H groups in total. The van der Waals surface area contributed by atoms with Crippen molar-refractivity contribution in [2.45, 2.75) is 12.3 Å². The van der Waals surface area contributed by atoms with Gasteiger partial charge in [0.15, 0.2) is 0 Å². The number of hydrogen-bond acceptors (Lipinski definition) is 2. The molecule has 98 valence electrons. The summed E-state index contributed by atoms with van der Waals surface area (Å²) in [6.07, 6.45) is 0.290. The number of halogens is 1. The van der Waals surface area contributed by atoms with E-state index in [1.54, 1.807) is 30.3 Å². The first-order valence-electron chi connectivity index (χ1n) is 5.83. The van der Waals surface area contributed by atoms with Crippen molar-refractivity contribution in [1.82, 2.24) is 0 Å². The van der Waals surface area contributed by atoms with Crippen LogP contribution in [0.3, 0.4) is 0 Å². The van der Waals surface area contributed by atoms with Gasteiger partial charge in [0.05, 0.1) is 5.92 Å². The van der Waals surface area contributed by atoms with Crippen LogP contribution in [0.1, 0.15) is 17.0 Å². The van der Waals surface area contributed by atoms with Crippen molar-refractivity contribution in [1.29, 1.82) is 0 Å². The van der Waals surface area contributed by atoms with E-state index in [0.717, 1.165) is 5.56 Å². The summed E-state index contributed by atoms with van der Waals surface area (Å²) in [7, 11) is 0. The highest BCUT2D eigenvalue weighted by Crippen LogP contribution is 2.27. The Balaban J connectivity index is 2.32. The van der Waals surface area contributed by atoms with Crippen LogP contribution in [0.25, 0.3) is 0 Å². The third kappa shape index (κ3) is 3.26. The van der Waals surface area contributed by atoms with Crippen molar-refractivity contribution >= 4 is 17.6 Å². The van der Waals surface area contributed by atoms with Gasteiger partial charge in [0.2, 0.25) is 0 Å². The number of phenolic OH excluding ortho intramolecular Hbond substituents is 1. The molecule has 1 atom stereocenters. The van der Waals surface area contributed by atoms with Crippen LogP contribution in [0.2, 0.25) is 5.02 Å². The first-order chi connectivity index (χ1) is 9.08. The molecule has 2 rings (SSSR count). The van der Waals surface area contributed by atoms with Gasteiger partial charge in [-0.3, -0.25) is 4.79 Å². The molecule has 3 nitrogen and oxygen atoms in total. The fraction of sp³-hybridized carbons (Fsp3) is 0.133. The molecule has 0 amide bonds. The van der Waals surface area contributed by atoms with Gasteiger partial charge in [-0.1, -0.05) is 41.9 Å². The number of carboxylic acids is 1. The second-order valence-electron chi connectivity index (χ2n) is 4.28. The van der Waals surface area contributed by atoms with Gasteiger partial charge in [0, 0.05) is 5.02 Å². The van der Waals surface area contributed by atoms with Gasteiger partial charge in [-0.05, 0) is 35.7 Å². The van der Waals surface area contributed by atoms with Crippen molar-refractivity contribution in [2.24, 2.45) is 0 Å². The molecule has 4 heteroatoms. The number of benzene rings is 2. The van der Waals surface area contributed by atoms with Crippen molar-refractivity contribution in [2.75, 3.05) is 0 Å². The van der Waals surface area contributed by atoms with Crippen LogP contribution >= 0.6 is 11.6 Å². The highest BCUT2D eigenvalue weighted by molar-refractivity contribution is 6.31. The van der Waals surface area contributed by atoms with Gasteiger partial charge in [-0.15, -0.1) is 0 Å². The van der Waals surface area contributed by atoms with Gasteiger partial charge in [0.1, 0.15) is 5.75 Å². The second kappa shape index (κ2) is 5.76. The summed E-state index contributed by atoms with van der Waals surface area (Å²) in [6, 6.07) is 13.5. The van der Waals surface area contributed by atoms with E-state index in [0.29, 0.717) is 17.0 Å². The van der Waals surface area contributed by atoms with E-state index in [2.05, 4.69) is 0 Å². The van der Waals surface area contributed by atoms with E-state index in [-0.39, 0.29) is 5.75 Å². The zero-order valence-corrected chi connectivity index (χ0v) is 10.8. The topological polar surface area (TPSA) is 57.5 Å². The van der Waals surface area contributed by atoms with Crippen LogP contribution in [-0.4, -0.2) is 16.2 Å². The Labute approximate surface area is 116 Å². The lowest BCUT2D eigenvalue weighted by Crippen LogP contribution is -2.14. The second-order valence-corrected chi connectivity index (χ2v) is 4.69. The van der Waals surface area contributed by atoms with Crippen molar-refractivity contribution < 1.29 is 15.0 Å². The van der Waals surface area contributed by atoms with Crippen molar-refractivity contribution in [3.8, 4) is 5.75 Å². The zero-order chi connectivity index (χ0) is 13.8. The molecule has 0 bridgehead atoms. The van der Waals surface area contributed by atoms with E-state index in [1.165, 1.54) is 12.1 Å². The Morgan fingerprint density at radius 2 is 1.89 bits per heavy atom. The van der Waals surface area contributed by atoms with Gasteiger partial charge >= 0.3 is 5.97 Å². The predicted octanol–water partition coefficient (Wildman–Crippen LogP) is 3.46. The smallest absolute Gasteiger partial charge is 0.311 e. The van der Waals surface area contributed by atoms with Crippen LogP contribution in [-0.2, 0) is 11.2 Å². The van der Waals surface area contributed by atoms with Gasteiger partial charge in [-0.2, -0.15) is 0 Å². The Hall–Kier alpha value is -2.00. The van der Waals surface area contributed by atoms with Crippen LogP contribution < -0.4 is 0 Å². The fourth-order valence-corrected chi connectivity index (χ4v) is 2.19. The summed E-state index contributed by atoms with van der Waals surface area (Å²) in [5.41, 5.74) is 1.34. The number of carboxylic acid groups (broad SMARTS) is 1. The minimum absolute atomic E-state index is 0.0582. The van der Waals surface area contributed by atoms with Crippen LogP contribution in [0.15, 0.2) is 48.5 Å². The molecule has 2 aromatic rings. The molecule has 0 saturated carbocycles. The monoisotopic (exact) mass is 276 g/mol. The quantitative estimate of drug-likeness (QED) is 0.899.